The van der Waals surface area contributed by atoms with Crippen molar-refractivity contribution in [2.45, 2.75) is 39.2 Å². The summed E-state index contributed by atoms with van der Waals surface area (Å²) in [6, 6.07) is 7.49. The number of benzene rings is 1. The van der Waals surface area contributed by atoms with E-state index in [1.54, 1.807) is 18.3 Å². The predicted molar refractivity (Wildman–Crippen MR) is 96.4 cm³/mol. The van der Waals surface area contributed by atoms with Crippen LogP contribution in [0.5, 0.6) is 5.75 Å². The largest absolute Gasteiger partial charge is 0.481 e. The van der Waals surface area contributed by atoms with Gasteiger partial charge in [-0.3, -0.25) is 9.78 Å². The van der Waals surface area contributed by atoms with Gasteiger partial charge in [0, 0.05) is 17.6 Å². The van der Waals surface area contributed by atoms with E-state index >= 15 is 0 Å². The molecule has 2 aromatic rings. The molecule has 1 heterocycles. The second kappa shape index (κ2) is 7.39. The van der Waals surface area contributed by atoms with Crippen molar-refractivity contribution in [2.24, 2.45) is 11.8 Å². The fraction of sp³-hybridized carbons (Fsp3) is 0.474. The number of halogens is 1. The number of nitrogens with zero attached hydrogens (tertiary/aromatic N) is 1. The van der Waals surface area contributed by atoms with Gasteiger partial charge in [0.2, 0.25) is 0 Å². The van der Waals surface area contributed by atoms with Gasteiger partial charge in [-0.25, -0.2) is 0 Å². The number of rotatable bonds is 4. The molecule has 0 spiro atoms. The molecule has 1 aliphatic carbocycles. The summed E-state index contributed by atoms with van der Waals surface area (Å²) < 4.78 is 5.71. The third-order valence-electron chi connectivity index (χ3n) is 5.09. The minimum atomic E-state index is -0.0834. The van der Waals surface area contributed by atoms with Crippen LogP contribution in [0.25, 0.3) is 10.9 Å². The minimum Gasteiger partial charge on any atom is -0.481 e. The Kier molecular flexibility index (Phi) is 5.24. The van der Waals surface area contributed by atoms with Gasteiger partial charge in [0.25, 0.3) is 5.91 Å². The van der Waals surface area contributed by atoms with Crippen LogP contribution in [0.15, 0.2) is 30.5 Å². The van der Waals surface area contributed by atoms with E-state index < -0.39 is 0 Å². The Balaban J connectivity index is 1.64. The highest BCUT2D eigenvalue weighted by Gasteiger charge is 2.28. The monoisotopic (exact) mass is 346 g/mol. The third kappa shape index (κ3) is 3.64. The van der Waals surface area contributed by atoms with E-state index in [0.29, 0.717) is 28.1 Å². The Labute approximate surface area is 147 Å². The number of ether oxygens (including phenoxy) is 1. The first kappa shape index (κ1) is 17.0. The lowest BCUT2D eigenvalue weighted by atomic mass is 9.78. The summed E-state index contributed by atoms with van der Waals surface area (Å²) in [4.78, 5) is 16.6. The van der Waals surface area contributed by atoms with Gasteiger partial charge in [0.15, 0.2) is 6.61 Å². The van der Waals surface area contributed by atoms with Crippen LogP contribution in [0.1, 0.15) is 33.1 Å². The van der Waals surface area contributed by atoms with Gasteiger partial charge in [-0.2, -0.15) is 0 Å². The van der Waals surface area contributed by atoms with Crippen LogP contribution >= 0.6 is 11.6 Å². The number of aromatic nitrogens is 1. The van der Waals surface area contributed by atoms with Gasteiger partial charge >= 0.3 is 0 Å². The Bertz CT molecular complexity index is 734. The molecule has 3 rings (SSSR count). The van der Waals surface area contributed by atoms with E-state index in [2.05, 4.69) is 24.1 Å². The standard InChI is InChI=1S/C19H23ClN2O2/c1-12-5-3-7-16(13(12)2)22-18(23)11-24-17-9-8-15(20)14-6-4-10-21-19(14)17/h4,6,8-10,12-13,16H,3,5,7,11H2,1-2H3,(H,22,23)/t12-,13-,16-/m1/s1. The van der Waals surface area contributed by atoms with Crippen molar-refractivity contribution in [1.82, 2.24) is 10.3 Å². The molecule has 128 valence electrons. The van der Waals surface area contributed by atoms with Crippen LogP contribution in [0.2, 0.25) is 5.02 Å². The van der Waals surface area contributed by atoms with E-state index in [-0.39, 0.29) is 18.6 Å². The van der Waals surface area contributed by atoms with Crippen LogP contribution in [0, 0.1) is 11.8 Å². The first-order valence-corrected chi connectivity index (χ1v) is 8.89. The molecule has 0 unspecified atom stereocenters. The van der Waals surface area contributed by atoms with Gasteiger partial charge in [0.05, 0.1) is 5.02 Å². The zero-order valence-electron chi connectivity index (χ0n) is 14.1. The van der Waals surface area contributed by atoms with Crippen LogP contribution in [-0.4, -0.2) is 23.5 Å². The Hall–Kier alpha value is -1.81. The number of fused-ring (bicyclic) bond motifs is 1. The lowest BCUT2D eigenvalue weighted by molar-refractivity contribution is -0.124. The first-order chi connectivity index (χ1) is 11.6. The van der Waals surface area contributed by atoms with Crippen molar-refractivity contribution in [3.05, 3.63) is 35.5 Å². The molecule has 0 radical (unpaired) electrons. The van der Waals surface area contributed by atoms with E-state index in [9.17, 15) is 4.79 Å². The summed E-state index contributed by atoms with van der Waals surface area (Å²) >= 11 is 6.18. The molecule has 1 aromatic heterocycles. The van der Waals surface area contributed by atoms with Crippen LogP contribution in [0.3, 0.4) is 0 Å². The van der Waals surface area contributed by atoms with Crippen molar-refractivity contribution >= 4 is 28.4 Å². The average molecular weight is 347 g/mol. The van der Waals surface area contributed by atoms with Crippen LogP contribution < -0.4 is 10.1 Å². The lowest BCUT2D eigenvalue weighted by Crippen LogP contribution is -2.45. The SMILES string of the molecule is C[C@@H]1[C@H](C)CCC[C@H]1NC(=O)COc1ccc(Cl)c2cccnc12. The smallest absolute Gasteiger partial charge is 0.258 e. The van der Waals surface area contributed by atoms with Gasteiger partial charge in [0.1, 0.15) is 11.3 Å². The molecular weight excluding hydrogens is 324 g/mol. The molecule has 5 heteroatoms. The third-order valence-corrected chi connectivity index (χ3v) is 5.42. The fourth-order valence-electron chi connectivity index (χ4n) is 3.41. The quantitative estimate of drug-likeness (QED) is 0.902. The summed E-state index contributed by atoms with van der Waals surface area (Å²) in [6.07, 6.45) is 5.15. The van der Waals surface area contributed by atoms with Crippen molar-refractivity contribution in [3.63, 3.8) is 0 Å². The molecule has 4 nitrogen and oxygen atoms in total. The van der Waals surface area contributed by atoms with Crippen LogP contribution in [-0.2, 0) is 4.79 Å². The fourth-order valence-corrected chi connectivity index (χ4v) is 3.62. The van der Waals surface area contributed by atoms with Gasteiger partial charge in [-0.15, -0.1) is 0 Å². The number of hydrogen-bond acceptors (Lipinski definition) is 3. The molecule has 1 aromatic carbocycles. The van der Waals surface area contributed by atoms with E-state index in [0.717, 1.165) is 11.8 Å². The molecule has 0 bridgehead atoms. The summed E-state index contributed by atoms with van der Waals surface area (Å²) in [5.74, 6) is 1.64. The summed E-state index contributed by atoms with van der Waals surface area (Å²) in [7, 11) is 0. The molecule has 3 atom stereocenters. The molecular formula is C19H23ClN2O2. The first-order valence-electron chi connectivity index (χ1n) is 8.51. The second-order valence-corrected chi connectivity index (χ2v) is 7.08. The van der Waals surface area contributed by atoms with E-state index in [4.69, 9.17) is 16.3 Å². The summed E-state index contributed by atoms with van der Waals surface area (Å²) in [5, 5.41) is 4.57. The zero-order valence-corrected chi connectivity index (χ0v) is 14.8. The van der Waals surface area contributed by atoms with E-state index in [1.807, 2.05) is 12.1 Å². The highest BCUT2D eigenvalue weighted by atomic mass is 35.5. The topological polar surface area (TPSA) is 51.2 Å². The van der Waals surface area contributed by atoms with Crippen molar-refractivity contribution in [2.75, 3.05) is 6.61 Å². The minimum absolute atomic E-state index is 0.00902. The highest BCUT2D eigenvalue weighted by molar-refractivity contribution is 6.35. The molecule has 0 saturated heterocycles. The molecule has 1 N–H and O–H groups in total. The Morgan fingerprint density at radius 2 is 2.17 bits per heavy atom. The highest BCUT2D eigenvalue weighted by Crippen LogP contribution is 2.30. The average Bonchev–Trinajstić information content (AvgIpc) is 2.59. The number of nitrogens with one attached hydrogen (secondary N) is 1. The zero-order chi connectivity index (χ0) is 17.1. The summed E-state index contributed by atoms with van der Waals surface area (Å²) in [5.41, 5.74) is 0.678. The van der Waals surface area contributed by atoms with Crippen LogP contribution in [0.4, 0.5) is 0 Å². The maximum Gasteiger partial charge on any atom is 0.258 e. The van der Waals surface area contributed by atoms with Crippen molar-refractivity contribution in [1.29, 1.82) is 0 Å². The number of amides is 1. The normalized spacial score (nSPS) is 23.9. The van der Waals surface area contributed by atoms with Crippen molar-refractivity contribution < 1.29 is 9.53 Å². The second-order valence-electron chi connectivity index (χ2n) is 6.68. The molecule has 24 heavy (non-hydrogen) atoms. The van der Waals surface area contributed by atoms with Gasteiger partial charge in [-0.05, 0) is 42.5 Å². The number of carbonyl (C=O) groups is 1. The molecule has 1 saturated carbocycles. The Morgan fingerprint density at radius 3 is 3.00 bits per heavy atom. The predicted octanol–water partition coefficient (Wildman–Crippen LogP) is 4.21. The lowest BCUT2D eigenvalue weighted by Gasteiger charge is -2.34. The maximum atomic E-state index is 12.3. The van der Waals surface area contributed by atoms with Gasteiger partial charge < -0.3 is 10.1 Å². The molecule has 1 amide bonds. The van der Waals surface area contributed by atoms with E-state index in [1.165, 1.54) is 12.8 Å². The van der Waals surface area contributed by atoms with Gasteiger partial charge in [-0.1, -0.05) is 38.3 Å². The molecule has 1 aliphatic rings. The molecule has 1 fully saturated rings. The van der Waals surface area contributed by atoms with Crippen molar-refractivity contribution in [3.8, 4) is 5.75 Å². The molecule has 0 aliphatic heterocycles. The number of carbonyl (C=O) groups excluding carboxylic acids is 1. The number of hydrogen-bond donors (Lipinski definition) is 1. The Morgan fingerprint density at radius 1 is 1.33 bits per heavy atom. The number of pyridine rings is 1. The maximum absolute atomic E-state index is 12.3. The summed E-state index contributed by atoms with van der Waals surface area (Å²) in [6.45, 7) is 4.46.